The molecule has 0 bridgehead atoms. The van der Waals surface area contributed by atoms with Gasteiger partial charge in [0.1, 0.15) is 0 Å². The maximum Gasteiger partial charge on any atom is 0.328 e. The molecule has 0 heterocycles. The van der Waals surface area contributed by atoms with E-state index in [1.165, 1.54) is 0 Å². The Kier molecular flexibility index (Phi) is 11.3. The monoisotopic (exact) mass is 406 g/mol. The Morgan fingerprint density at radius 1 is 0.862 bits per heavy atom. The average molecular weight is 407 g/mol. The normalized spacial score (nSPS) is 14.4. The number of benzene rings is 1. The van der Waals surface area contributed by atoms with Crippen LogP contribution in [-0.2, 0) is 4.79 Å². The largest absolute Gasteiger partial charge is 0.487 e. The maximum absolute atomic E-state index is 11.0. The van der Waals surface area contributed by atoms with Crippen molar-refractivity contribution in [1.82, 2.24) is 0 Å². The number of carbonyl (C=O) groups is 1. The number of rotatable bonds is 14. The number of hydrogen-bond acceptors (Lipinski definition) is 4. The molecule has 0 amide bonds. The van der Waals surface area contributed by atoms with Crippen molar-refractivity contribution in [2.24, 2.45) is 0 Å². The summed E-state index contributed by atoms with van der Waals surface area (Å²) in [6.07, 6.45) is 8.53. The minimum absolute atomic E-state index is 0.0171. The van der Waals surface area contributed by atoms with Crippen LogP contribution in [0.5, 0.6) is 17.2 Å². The molecule has 5 nitrogen and oxygen atoms in total. The van der Waals surface area contributed by atoms with Crippen LogP contribution in [0, 0.1) is 0 Å². The van der Waals surface area contributed by atoms with Crippen LogP contribution in [0.25, 0.3) is 6.08 Å². The van der Waals surface area contributed by atoms with Crippen molar-refractivity contribution < 1.29 is 24.1 Å². The summed E-state index contributed by atoms with van der Waals surface area (Å²) in [5.74, 6) is 0.801. The highest BCUT2D eigenvalue weighted by atomic mass is 16.6. The smallest absolute Gasteiger partial charge is 0.328 e. The lowest BCUT2D eigenvalue weighted by molar-refractivity contribution is -0.131. The van der Waals surface area contributed by atoms with Gasteiger partial charge in [0.15, 0.2) is 11.5 Å². The van der Waals surface area contributed by atoms with Crippen LogP contribution in [0.4, 0.5) is 0 Å². The molecule has 0 aliphatic carbocycles. The van der Waals surface area contributed by atoms with Gasteiger partial charge < -0.3 is 19.3 Å². The minimum Gasteiger partial charge on any atom is -0.487 e. The van der Waals surface area contributed by atoms with Crippen LogP contribution < -0.4 is 14.2 Å². The third-order valence-electron chi connectivity index (χ3n) is 4.52. The molecular formula is C24H38O5. The average Bonchev–Trinajstić information content (AvgIpc) is 2.63. The molecule has 3 atom stereocenters. The van der Waals surface area contributed by atoms with E-state index < -0.39 is 5.97 Å². The predicted molar refractivity (Wildman–Crippen MR) is 118 cm³/mol. The molecule has 29 heavy (non-hydrogen) atoms. The summed E-state index contributed by atoms with van der Waals surface area (Å²) in [4.78, 5) is 11.0. The lowest BCUT2D eigenvalue weighted by Crippen LogP contribution is -2.18. The van der Waals surface area contributed by atoms with E-state index in [2.05, 4.69) is 20.8 Å². The fourth-order valence-electron chi connectivity index (χ4n) is 3.18. The number of aliphatic carboxylic acids is 1. The van der Waals surface area contributed by atoms with Crippen LogP contribution >= 0.6 is 0 Å². The molecular weight excluding hydrogens is 368 g/mol. The van der Waals surface area contributed by atoms with Gasteiger partial charge in [-0.1, -0.05) is 40.0 Å². The zero-order valence-electron chi connectivity index (χ0n) is 18.9. The highest BCUT2D eigenvalue weighted by Gasteiger charge is 2.20. The van der Waals surface area contributed by atoms with Crippen molar-refractivity contribution >= 4 is 12.0 Å². The molecule has 0 aliphatic heterocycles. The van der Waals surface area contributed by atoms with E-state index >= 15 is 0 Å². The summed E-state index contributed by atoms with van der Waals surface area (Å²) in [6, 6.07) is 3.66. The maximum atomic E-state index is 11.0. The molecule has 0 aliphatic rings. The summed E-state index contributed by atoms with van der Waals surface area (Å²) < 4.78 is 18.7. The Morgan fingerprint density at radius 2 is 1.28 bits per heavy atom. The number of hydrogen-bond donors (Lipinski definition) is 1. The van der Waals surface area contributed by atoms with Gasteiger partial charge in [-0.25, -0.2) is 4.79 Å². The van der Waals surface area contributed by atoms with E-state index in [9.17, 15) is 4.79 Å². The van der Waals surface area contributed by atoms with Gasteiger partial charge in [0.2, 0.25) is 5.75 Å². The Hall–Kier alpha value is -2.17. The molecule has 164 valence electrons. The van der Waals surface area contributed by atoms with Gasteiger partial charge in [0, 0.05) is 6.08 Å². The second kappa shape index (κ2) is 13.1. The van der Waals surface area contributed by atoms with Crippen LogP contribution in [0.1, 0.15) is 85.6 Å². The van der Waals surface area contributed by atoms with Crippen molar-refractivity contribution in [2.75, 3.05) is 0 Å². The van der Waals surface area contributed by atoms with E-state index in [1.54, 1.807) is 6.08 Å². The summed E-state index contributed by atoms with van der Waals surface area (Å²) in [5.41, 5.74) is 0.709. The number of carboxylic acid groups (broad SMARTS) is 1. The van der Waals surface area contributed by atoms with E-state index in [4.69, 9.17) is 19.3 Å². The van der Waals surface area contributed by atoms with Crippen LogP contribution in [0.15, 0.2) is 18.2 Å². The second-order valence-corrected chi connectivity index (χ2v) is 7.67. The molecule has 1 rings (SSSR count). The second-order valence-electron chi connectivity index (χ2n) is 7.67. The Bertz CT molecular complexity index is 618. The van der Waals surface area contributed by atoms with Gasteiger partial charge in [0.25, 0.3) is 0 Å². The molecule has 1 N–H and O–H groups in total. The highest BCUT2D eigenvalue weighted by Crippen LogP contribution is 2.41. The van der Waals surface area contributed by atoms with Crippen LogP contribution in [0.2, 0.25) is 0 Å². The Morgan fingerprint density at radius 3 is 1.66 bits per heavy atom. The van der Waals surface area contributed by atoms with E-state index in [-0.39, 0.29) is 18.3 Å². The molecule has 3 unspecified atom stereocenters. The van der Waals surface area contributed by atoms with E-state index in [1.807, 2.05) is 32.9 Å². The summed E-state index contributed by atoms with van der Waals surface area (Å²) in [5, 5.41) is 9.00. The van der Waals surface area contributed by atoms with Gasteiger partial charge in [-0.05, 0) is 63.8 Å². The van der Waals surface area contributed by atoms with Gasteiger partial charge in [0.05, 0.1) is 18.3 Å². The molecule has 0 spiro atoms. The number of ether oxygens (including phenoxy) is 3. The van der Waals surface area contributed by atoms with Gasteiger partial charge in [-0.2, -0.15) is 0 Å². The minimum atomic E-state index is -0.995. The van der Waals surface area contributed by atoms with Crippen LogP contribution in [0.3, 0.4) is 0 Å². The quantitative estimate of drug-likeness (QED) is 0.358. The molecule has 0 aromatic heterocycles. The fourth-order valence-corrected chi connectivity index (χ4v) is 3.18. The van der Waals surface area contributed by atoms with Crippen molar-refractivity contribution in [1.29, 1.82) is 0 Å². The Labute approximate surface area is 176 Å². The van der Waals surface area contributed by atoms with Crippen molar-refractivity contribution in [3.63, 3.8) is 0 Å². The van der Waals surface area contributed by atoms with Crippen molar-refractivity contribution in [2.45, 2.75) is 98.4 Å². The van der Waals surface area contributed by atoms with Gasteiger partial charge in [-0.15, -0.1) is 0 Å². The first kappa shape index (κ1) is 24.9. The third-order valence-corrected chi connectivity index (χ3v) is 4.52. The molecule has 0 saturated carbocycles. The van der Waals surface area contributed by atoms with Gasteiger partial charge >= 0.3 is 5.97 Å². The zero-order valence-corrected chi connectivity index (χ0v) is 18.9. The molecule has 0 saturated heterocycles. The molecule has 1 aromatic rings. The first-order chi connectivity index (χ1) is 13.8. The molecule has 0 fully saturated rings. The zero-order chi connectivity index (χ0) is 21.8. The SMILES string of the molecule is CCCC(C)Oc1cc(/C=C/C(=O)O)cc(OC(C)CCC)c1OC(C)CCC. The third kappa shape index (κ3) is 9.25. The highest BCUT2D eigenvalue weighted by molar-refractivity contribution is 5.85. The van der Waals surface area contributed by atoms with E-state index in [0.717, 1.165) is 44.6 Å². The van der Waals surface area contributed by atoms with Crippen molar-refractivity contribution in [3.8, 4) is 17.2 Å². The molecule has 5 heteroatoms. The van der Waals surface area contributed by atoms with E-state index in [0.29, 0.717) is 22.8 Å². The van der Waals surface area contributed by atoms with Gasteiger partial charge in [-0.3, -0.25) is 0 Å². The standard InChI is InChI=1S/C24H38O5/c1-7-10-17(4)27-21-15-20(13-14-23(25)26)16-22(28-18(5)11-8-2)24(21)29-19(6)12-9-3/h13-19H,7-12H2,1-6H3,(H,25,26)/b14-13+. The Balaban J connectivity index is 3.41. The van der Waals surface area contributed by atoms with Crippen LogP contribution in [-0.4, -0.2) is 29.4 Å². The summed E-state index contributed by atoms with van der Waals surface area (Å²) in [6.45, 7) is 12.5. The summed E-state index contributed by atoms with van der Waals surface area (Å²) >= 11 is 0. The summed E-state index contributed by atoms with van der Waals surface area (Å²) in [7, 11) is 0. The predicted octanol–water partition coefficient (Wildman–Crippen LogP) is 6.49. The fraction of sp³-hybridized carbons (Fsp3) is 0.625. The lowest BCUT2D eigenvalue weighted by atomic mass is 10.1. The molecule has 1 aromatic carbocycles. The lowest BCUT2D eigenvalue weighted by Gasteiger charge is -2.24. The first-order valence-electron chi connectivity index (χ1n) is 10.9. The molecule has 0 radical (unpaired) electrons. The first-order valence-corrected chi connectivity index (χ1v) is 10.9. The topological polar surface area (TPSA) is 65.0 Å². The van der Waals surface area contributed by atoms with Crippen molar-refractivity contribution in [3.05, 3.63) is 23.8 Å². The number of carboxylic acids is 1.